The number of aromatic carboxylic acids is 1. The van der Waals surface area contributed by atoms with Crippen molar-refractivity contribution in [3.63, 3.8) is 0 Å². The molecule has 124 valence electrons. The first-order chi connectivity index (χ1) is 11.7. The molecule has 1 saturated carbocycles. The Morgan fingerprint density at radius 2 is 2.04 bits per heavy atom. The van der Waals surface area contributed by atoms with Gasteiger partial charge in [-0.25, -0.2) is 9.78 Å². The van der Waals surface area contributed by atoms with E-state index in [2.05, 4.69) is 4.57 Å². The molecule has 1 aromatic carbocycles. The first-order valence-electron chi connectivity index (χ1n) is 8.44. The Labute approximate surface area is 139 Å². The molecule has 3 aromatic rings. The van der Waals surface area contributed by atoms with Gasteiger partial charge in [0.25, 0.3) is 0 Å². The van der Waals surface area contributed by atoms with Gasteiger partial charge in [-0.1, -0.05) is 25.3 Å². The monoisotopic (exact) mass is 324 g/mol. The number of benzene rings is 1. The smallest absolute Gasteiger partial charge is 0.337 e. The van der Waals surface area contributed by atoms with Crippen LogP contribution < -0.4 is 0 Å². The van der Waals surface area contributed by atoms with E-state index < -0.39 is 5.97 Å². The lowest BCUT2D eigenvalue weighted by Crippen LogP contribution is -2.15. The van der Waals surface area contributed by atoms with Crippen LogP contribution in [0.3, 0.4) is 0 Å². The average molecular weight is 324 g/mol. The predicted octanol–water partition coefficient (Wildman–Crippen LogP) is 4.81. The molecule has 0 saturated heterocycles. The van der Waals surface area contributed by atoms with Crippen LogP contribution in [0, 0.1) is 6.92 Å². The van der Waals surface area contributed by atoms with Crippen LogP contribution in [-0.2, 0) is 0 Å². The van der Waals surface area contributed by atoms with Crippen LogP contribution in [0.25, 0.3) is 22.4 Å². The summed E-state index contributed by atoms with van der Waals surface area (Å²) in [5.74, 6) is -0.0989. The number of aryl methyl sites for hydroxylation is 1. The third-order valence-corrected chi connectivity index (χ3v) is 4.99. The van der Waals surface area contributed by atoms with Crippen LogP contribution in [-0.4, -0.2) is 20.6 Å². The summed E-state index contributed by atoms with van der Waals surface area (Å²) in [7, 11) is 0. The van der Waals surface area contributed by atoms with Crippen molar-refractivity contribution < 1.29 is 14.3 Å². The minimum absolute atomic E-state index is 0.286. The summed E-state index contributed by atoms with van der Waals surface area (Å²) in [6.45, 7) is 1.98. The highest BCUT2D eigenvalue weighted by Gasteiger charge is 2.26. The molecule has 2 aromatic heterocycles. The van der Waals surface area contributed by atoms with Gasteiger partial charge in [0.15, 0.2) is 0 Å². The van der Waals surface area contributed by atoms with Crippen LogP contribution in [0.5, 0.6) is 0 Å². The van der Waals surface area contributed by atoms with Gasteiger partial charge < -0.3 is 14.1 Å². The summed E-state index contributed by atoms with van der Waals surface area (Å²) in [5, 5.41) is 9.68. The van der Waals surface area contributed by atoms with Gasteiger partial charge in [-0.15, -0.1) is 0 Å². The topological polar surface area (TPSA) is 68.3 Å². The maximum absolute atomic E-state index is 11.8. The average Bonchev–Trinajstić information content (AvgIpc) is 3.23. The second-order valence-electron chi connectivity index (χ2n) is 6.54. The van der Waals surface area contributed by atoms with Crippen LogP contribution in [0.2, 0.25) is 0 Å². The number of hydrogen-bond acceptors (Lipinski definition) is 3. The molecule has 2 heterocycles. The number of carboxylic acids is 1. The highest BCUT2D eigenvalue weighted by molar-refractivity contribution is 6.03. The molecule has 1 aliphatic carbocycles. The van der Waals surface area contributed by atoms with E-state index in [1.54, 1.807) is 18.6 Å². The SMILES string of the molecule is Cc1ccc(C(=O)O)c2c1nc(-c1ccoc1)n2C1CCCCC1. The summed E-state index contributed by atoms with van der Waals surface area (Å²) < 4.78 is 7.39. The number of furan rings is 1. The molecule has 1 N–H and O–H groups in total. The molecule has 0 bridgehead atoms. The summed E-state index contributed by atoms with van der Waals surface area (Å²) in [6, 6.07) is 5.70. The van der Waals surface area contributed by atoms with Gasteiger partial charge in [0.05, 0.1) is 28.4 Å². The van der Waals surface area contributed by atoms with Gasteiger partial charge in [-0.2, -0.15) is 0 Å². The van der Waals surface area contributed by atoms with E-state index in [9.17, 15) is 9.90 Å². The molecule has 0 atom stereocenters. The number of fused-ring (bicyclic) bond motifs is 1. The minimum atomic E-state index is -0.907. The summed E-state index contributed by atoms with van der Waals surface area (Å²) in [6.07, 6.45) is 9.01. The first-order valence-corrected chi connectivity index (χ1v) is 8.44. The third kappa shape index (κ3) is 2.31. The molecular formula is C19H20N2O3. The quantitative estimate of drug-likeness (QED) is 0.751. The van der Waals surface area contributed by atoms with Crippen molar-refractivity contribution in [2.24, 2.45) is 0 Å². The Hall–Kier alpha value is -2.56. The maximum Gasteiger partial charge on any atom is 0.337 e. The van der Waals surface area contributed by atoms with Gasteiger partial charge >= 0.3 is 5.97 Å². The van der Waals surface area contributed by atoms with Crippen molar-refractivity contribution in [2.75, 3.05) is 0 Å². The minimum Gasteiger partial charge on any atom is -0.478 e. The molecule has 5 nitrogen and oxygen atoms in total. The summed E-state index contributed by atoms with van der Waals surface area (Å²) in [5.41, 5.74) is 3.73. The second-order valence-corrected chi connectivity index (χ2v) is 6.54. The van der Waals surface area contributed by atoms with Crippen molar-refractivity contribution >= 4 is 17.0 Å². The van der Waals surface area contributed by atoms with E-state index in [0.717, 1.165) is 40.8 Å². The number of hydrogen-bond donors (Lipinski definition) is 1. The predicted molar refractivity (Wildman–Crippen MR) is 91.3 cm³/mol. The standard InChI is InChI=1S/C19H20N2O3/c1-12-7-8-15(19(22)23)17-16(12)20-18(13-9-10-24-11-13)21(17)14-5-3-2-4-6-14/h7-11,14H,2-6H2,1H3,(H,22,23). The van der Waals surface area contributed by atoms with E-state index in [1.165, 1.54) is 19.3 Å². The molecule has 24 heavy (non-hydrogen) atoms. The molecule has 0 spiro atoms. The molecular weight excluding hydrogens is 304 g/mol. The van der Waals surface area contributed by atoms with Crippen molar-refractivity contribution in [1.82, 2.24) is 9.55 Å². The maximum atomic E-state index is 11.8. The largest absolute Gasteiger partial charge is 0.478 e. The zero-order valence-electron chi connectivity index (χ0n) is 13.7. The fraction of sp³-hybridized carbons (Fsp3) is 0.368. The lowest BCUT2D eigenvalue weighted by atomic mass is 9.94. The number of carbonyl (C=O) groups is 1. The summed E-state index contributed by atoms with van der Waals surface area (Å²) >= 11 is 0. The van der Waals surface area contributed by atoms with E-state index in [1.807, 2.05) is 19.1 Å². The highest BCUT2D eigenvalue weighted by atomic mass is 16.4. The zero-order valence-corrected chi connectivity index (χ0v) is 13.7. The second kappa shape index (κ2) is 5.82. The number of rotatable bonds is 3. The molecule has 0 aliphatic heterocycles. The van der Waals surface area contributed by atoms with Gasteiger partial charge in [-0.3, -0.25) is 0 Å². The Bertz CT molecular complexity index is 887. The van der Waals surface area contributed by atoms with Crippen LogP contribution in [0.1, 0.15) is 54.1 Å². The number of nitrogens with zero attached hydrogens (tertiary/aromatic N) is 2. The van der Waals surface area contributed by atoms with E-state index in [0.29, 0.717) is 5.56 Å². The normalized spacial score (nSPS) is 15.9. The molecule has 0 unspecified atom stereocenters. The van der Waals surface area contributed by atoms with Crippen molar-refractivity contribution in [1.29, 1.82) is 0 Å². The molecule has 0 radical (unpaired) electrons. The van der Waals surface area contributed by atoms with Crippen molar-refractivity contribution in [3.8, 4) is 11.4 Å². The first kappa shape index (κ1) is 15.0. The Morgan fingerprint density at radius 3 is 2.71 bits per heavy atom. The number of aromatic nitrogens is 2. The van der Waals surface area contributed by atoms with Crippen molar-refractivity contribution in [2.45, 2.75) is 45.1 Å². The highest BCUT2D eigenvalue weighted by Crippen LogP contribution is 2.38. The van der Waals surface area contributed by atoms with Gasteiger partial charge in [0.2, 0.25) is 0 Å². The molecule has 1 fully saturated rings. The van der Waals surface area contributed by atoms with E-state index in [4.69, 9.17) is 9.40 Å². The van der Waals surface area contributed by atoms with Gasteiger partial charge in [-0.05, 0) is 37.5 Å². The fourth-order valence-corrected chi connectivity index (χ4v) is 3.79. The van der Waals surface area contributed by atoms with Crippen LogP contribution in [0.15, 0.2) is 35.1 Å². The Morgan fingerprint density at radius 1 is 1.25 bits per heavy atom. The van der Waals surface area contributed by atoms with Crippen molar-refractivity contribution in [3.05, 3.63) is 41.9 Å². The fourth-order valence-electron chi connectivity index (χ4n) is 3.79. The zero-order chi connectivity index (χ0) is 16.7. The van der Waals surface area contributed by atoms with Crippen LogP contribution >= 0.6 is 0 Å². The molecule has 4 rings (SSSR count). The Balaban J connectivity index is 2.05. The van der Waals surface area contributed by atoms with Crippen LogP contribution in [0.4, 0.5) is 0 Å². The van der Waals surface area contributed by atoms with E-state index >= 15 is 0 Å². The summed E-state index contributed by atoms with van der Waals surface area (Å²) in [4.78, 5) is 16.6. The van der Waals surface area contributed by atoms with Gasteiger partial charge in [0, 0.05) is 6.04 Å². The molecule has 0 amide bonds. The van der Waals surface area contributed by atoms with Gasteiger partial charge in [0.1, 0.15) is 12.1 Å². The lowest BCUT2D eigenvalue weighted by Gasteiger charge is -2.25. The Kier molecular flexibility index (Phi) is 3.63. The molecule has 5 heteroatoms. The number of imidazole rings is 1. The molecule has 1 aliphatic rings. The third-order valence-electron chi connectivity index (χ3n) is 4.99. The van der Waals surface area contributed by atoms with E-state index in [-0.39, 0.29) is 6.04 Å². The number of carboxylic acid groups (broad SMARTS) is 1. The lowest BCUT2D eigenvalue weighted by molar-refractivity contribution is 0.0698.